The van der Waals surface area contributed by atoms with E-state index >= 15 is 0 Å². The molecule has 0 heterocycles. The second kappa shape index (κ2) is 7.24. The minimum atomic E-state index is -0.309. The lowest BCUT2D eigenvalue weighted by Crippen LogP contribution is -2.29. The zero-order valence-electron chi connectivity index (χ0n) is 9.13. The van der Waals surface area contributed by atoms with Gasteiger partial charge in [-0.15, -0.1) is 0 Å². The van der Waals surface area contributed by atoms with Gasteiger partial charge in [0.2, 0.25) is 5.91 Å². The van der Waals surface area contributed by atoms with Crippen LogP contribution in [0.3, 0.4) is 0 Å². The van der Waals surface area contributed by atoms with Gasteiger partial charge in [-0.2, -0.15) is 11.8 Å². The van der Waals surface area contributed by atoms with E-state index in [1.807, 2.05) is 6.26 Å². The monoisotopic (exact) mass is 242 g/mol. The highest BCUT2D eigenvalue weighted by molar-refractivity contribution is 7.98. The number of anilines is 1. The Labute approximate surface area is 98.8 Å². The molecule has 0 aliphatic rings. The van der Waals surface area contributed by atoms with Crippen LogP contribution >= 0.6 is 11.8 Å². The van der Waals surface area contributed by atoms with Crippen LogP contribution in [0.1, 0.15) is 0 Å². The molecule has 0 unspecified atom stereocenters. The quantitative estimate of drug-likeness (QED) is 0.746. The van der Waals surface area contributed by atoms with Crippen molar-refractivity contribution in [2.75, 3.05) is 30.4 Å². The summed E-state index contributed by atoms with van der Waals surface area (Å²) in [6, 6.07) is 5.71. The first-order valence-corrected chi connectivity index (χ1v) is 6.37. The molecule has 1 aromatic carbocycles. The average Bonchev–Trinajstić information content (AvgIpc) is 2.28. The fraction of sp³-hybridized carbons (Fsp3) is 0.364. The van der Waals surface area contributed by atoms with Crippen LogP contribution in [0.5, 0.6) is 0 Å². The SMILES string of the molecule is CSCCNCC(=O)Nc1ccc(F)cc1. The number of nitrogens with one attached hydrogen (secondary N) is 2. The molecule has 0 radical (unpaired) electrons. The maximum Gasteiger partial charge on any atom is 0.238 e. The zero-order valence-corrected chi connectivity index (χ0v) is 9.94. The molecule has 0 saturated heterocycles. The molecule has 88 valence electrons. The summed E-state index contributed by atoms with van der Waals surface area (Å²) < 4.78 is 12.6. The summed E-state index contributed by atoms with van der Waals surface area (Å²) in [4.78, 5) is 11.4. The third kappa shape index (κ3) is 5.14. The number of amides is 1. The molecule has 0 aromatic heterocycles. The van der Waals surface area contributed by atoms with Gasteiger partial charge in [-0.3, -0.25) is 4.79 Å². The van der Waals surface area contributed by atoms with Crippen LogP contribution in [-0.2, 0) is 4.79 Å². The number of hydrogen-bond acceptors (Lipinski definition) is 3. The fourth-order valence-electron chi connectivity index (χ4n) is 1.11. The Morgan fingerprint density at radius 1 is 1.38 bits per heavy atom. The van der Waals surface area contributed by atoms with E-state index in [-0.39, 0.29) is 18.3 Å². The Hall–Kier alpha value is -1.07. The average molecular weight is 242 g/mol. The third-order valence-corrected chi connectivity index (χ3v) is 2.51. The van der Waals surface area contributed by atoms with Gasteiger partial charge >= 0.3 is 0 Å². The van der Waals surface area contributed by atoms with E-state index < -0.39 is 0 Å². The minimum Gasteiger partial charge on any atom is -0.325 e. The molecular formula is C11H15FN2OS. The fourth-order valence-corrected chi connectivity index (χ4v) is 1.46. The van der Waals surface area contributed by atoms with Gasteiger partial charge in [-0.1, -0.05) is 0 Å². The number of carbonyl (C=O) groups excluding carboxylic acids is 1. The maximum absolute atomic E-state index is 12.6. The minimum absolute atomic E-state index is 0.118. The lowest BCUT2D eigenvalue weighted by Gasteiger charge is -2.05. The van der Waals surface area contributed by atoms with Gasteiger partial charge in [0.15, 0.2) is 0 Å². The highest BCUT2D eigenvalue weighted by Gasteiger charge is 2.01. The first kappa shape index (κ1) is 13.0. The van der Waals surface area contributed by atoms with Crippen molar-refractivity contribution in [3.8, 4) is 0 Å². The predicted molar refractivity (Wildman–Crippen MR) is 66.3 cm³/mol. The molecular weight excluding hydrogens is 227 g/mol. The summed E-state index contributed by atoms with van der Waals surface area (Å²) in [5.74, 6) is 0.549. The van der Waals surface area contributed by atoms with Gasteiger partial charge < -0.3 is 10.6 Å². The molecule has 0 saturated carbocycles. The van der Waals surface area contributed by atoms with Crippen LogP contribution < -0.4 is 10.6 Å². The molecule has 16 heavy (non-hydrogen) atoms. The molecule has 0 aliphatic carbocycles. The van der Waals surface area contributed by atoms with Crippen molar-refractivity contribution in [2.45, 2.75) is 0 Å². The molecule has 5 heteroatoms. The normalized spacial score (nSPS) is 10.1. The van der Waals surface area contributed by atoms with E-state index in [1.54, 1.807) is 11.8 Å². The third-order valence-electron chi connectivity index (χ3n) is 1.90. The molecule has 0 fully saturated rings. The zero-order chi connectivity index (χ0) is 11.8. The summed E-state index contributed by atoms with van der Waals surface area (Å²) in [6.07, 6.45) is 2.01. The van der Waals surface area contributed by atoms with Crippen molar-refractivity contribution in [3.05, 3.63) is 30.1 Å². The molecule has 2 N–H and O–H groups in total. The molecule has 1 rings (SSSR count). The van der Waals surface area contributed by atoms with E-state index in [9.17, 15) is 9.18 Å². The Morgan fingerprint density at radius 2 is 2.06 bits per heavy atom. The first-order chi connectivity index (χ1) is 7.72. The second-order valence-electron chi connectivity index (χ2n) is 3.22. The maximum atomic E-state index is 12.6. The van der Waals surface area contributed by atoms with Crippen LogP contribution in [0, 0.1) is 5.82 Å². The van der Waals surface area contributed by atoms with E-state index in [2.05, 4.69) is 10.6 Å². The van der Waals surface area contributed by atoms with Crippen LogP contribution in [0.4, 0.5) is 10.1 Å². The van der Waals surface area contributed by atoms with Crippen LogP contribution in [0.25, 0.3) is 0 Å². The summed E-state index contributed by atoms with van der Waals surface area (Å²) in [6.45, 7) is 1.08. The smallest absolute Gasteiger partial charge is 0.238 e. The van der Waals surface area contributed by atoms with Crippen LogP contribution in [0.15, 0.2) is 24.3 Å². The van der Waals surface area contributed by atoms with Crippen LogP contribution in [-0.4, -0.2) is 31.0 Å². The Balaban J connectivity index is 2.26. The molecule has 1 aromatic rings. The van der Waals surface area contributed by atoms with Crippen LogP contribution in [0.2, 0.25) is 0 Å². The van der Waals surface area contributed by atoms with Crippen molar-refractivity contribution in [1.82, 2.24) is 5.32 Å². The topological polar surface area (TPSA) is 41.1 Å². The van der Waals surface area contributed by atoms with Gasteiger partial charge in [0.25, 0.3) is 0 Å². The van der Waals surface area contributed by atoms with E-state index in [4.69, 9.17) is 0 Å². The largest absolute Gasteiger partial charge is 0.325 e. The van der Waals surface area contributed by atoms with Crippen molar-refractivity contribution in [1.29, 1.82) is 0 Å². The number of rotatable bonds is 6. The number of halogens is 1. The van der Waals surface area contributed by atoms with E-state index in [1.165, 1.54) is 24.3 Å². The number of benzene rings is 1. The number of hydrogen-bond donors (Lipinski definition) is 2. The molecule has 0 bridgehead atoms. The first-order valence-electron chi connectivity index (χ1n) is 4.97. The van der Waals surface area contributed by atoms with Gasteiger partial charge in [0.1, 0.15) is 5.82 Å². The second-order valence-corrected chi connectivity index (χ2v) is 4.21. The molecule has 0 atom stereocenters. The summed E-state index contributed by atoms with van der Waals surface area (Å²) in [5.41, 5.74) is 0.609. The Morgan fingerprint density at radius 3 is 2.69 bits per heavy atom. The highest BCUT2D eigenvalue weighted by atomic mass is 32.2. The Kier molecular flexibility index (Phi) is 5.88. The molecule has 0 aliphatic heterocycles. The summed E-state index contributed by atoms with van der Waals surface area (Å²) in [7, 11) is 0. The molecule has 3 nitrogen and oxygen atoms in total. The van der Waals surface area contributed by atoms with Gasteiger partial charge in [0, 0.05) is 18.0 Å². The number of thioether (sulfide) groups is 1. The van der Waals surface area contributed by atoms with Crippen molar-refractivity contribution >= 4 is 23.4 Å². The van der Waals surface area contributed by atoms with Gasteiger partial charge in [-0.05, 0) is 30.5 Å². The molecule has 0 spiro atoms. The van der Waals surface area contributed by atoms with Crippen molar-refractivity contribution < 1.29 is 9.18 Å². The van der Waals surface area contributed by atoms with Gasteiger partial charge in [0.05, 0.1) is 6.54 Å². The lowest BCUT2D eigenvalue weighted by molar-refractivity contribution is -0.115. The summed E-state index contributed by atoms with van der Waals surface area (Å²) in [5, 5.41) is 5.68. The standard InChI is InChI=1S/C11H15FN2OS/c1-16-7-6-13-8-11(15)14-10-4-2-9(12)3-5-10/h2-5,13H,6-8H2,1H3,(H,14,15). The Bertz CT molecular complexity index is 329. The predicted octanol–water partition coefficient (Wildman–Crippen LogP) is 1.72. The van der Waals surface area contributed by atoms with E-state index in [0.29, 0.717) is 5.69 Å². The van der Waals surface area contributed by atoms with E-state index in [0.717, 1.165) is 12.3 Å². The summed E-state index contributed by atoms with van der Waals surface area (Å²) >= 11 is 1.72. The van der Waals surface area contributed by atoms with Gasteiger partial charge in [-0.25, -0.2) is 4.39 Å². The van der Waals surface area contributed by atoms with Crippen molar-refractivity contribution in [2.24, 2.45) is 0 Å². The van der Waals surface area contributed by atoms with Crippen molar-refractivity contribution in [3.63, 3.8) is 0 Å². The lowest BCUT2D eigenvalue weighted by atomic mass is 10.3. The molecule has 1 amide bonds. The highest BCUT2D eigenvalue weighted by Crippen LogP contribution is 2.07. The number of carbonyl (C=O) groups is 1.